The zero-order valence-electron chi connectivity index (χ0n) is 9.06. The van der Waals surface area contributed by atoms with E-state index in [0.29, 0.717) is 5.88 Å². The maximum Gasteiger partial charge on any atom is 0.251 e. The number of halogens is 2. The molecule has 1 aromatic heterocycles. The molecule has 0 unspecified atom stereocenters. The Bertz CT molecular complexity index is 587. The Morgan fingerprint density at radius 3 is 2.67 bits per heavy atom. The number of primary amides is 1. The lowest BCUT2D eigenvalue weighted by atomic mass is 10.2. The van der Waals surface area contributed by atoms with Crippen molar-refractivity contribution in [1.29, 1.82) is 0 Å². The van der Waals surface area contributed by atoms with Gasteiger partial charge in [-0.15, -0.1) is 0 Å². The number of pyridine rings is 1. The number of hydrogen-bond donors (Lipinski definition) is 1. The predicted octanol–water partition coefficient (Wildman–Crippen LogP) is 2.87. The van der Waals surface area contributed by atoms with Crippen molar-refractivity contribution >= 4 is 21.8 Å². The van der Waals surface area contributed by atoms with Crippen LogP contribution in [0.25, 0.3) is 0 Å². The Morgan fingerprint density at radius 2 is 2.11 bits per heavy atom. The number of aromatic nitrogens is 1. The van der Waals surface area contributed by atoms with Gasteiger partial charge in [-0.1, -0.05) is 0 Å². The molecule has 0 atom stereocenters. The Balaban J connectivity index is 2.22. The Labute approximate surface area is 111 Å². The summed E-state index contributed by atoms with van der Waals surface area (Å²) in [4.78, 5) is 14.8. The Kier molecular flexibility index (Phi) is 3.57. The third-order valence-corrected chi connectivity index (χ3v) is 2.60. The summed E-state index contributed by atoms with van der Waals surface area (Å²) in [5.74, 6) is -0.977. The van der Waals surface area contributed by atoms with Gasteiger partial charge in [0.2, 0.25) is 5.88 Å². The van der Waals surface area contributed by atoms with E-state index in [4.69, 9.17) is 10.5 Å². The van der Waals surface area contributed by atoms with E-state index in [2.05, 4.69) is 20.9 Å². The van der Waals surface area contributed by atoms with Gasteiger partial charge in [-0.05, 0) is 34.1 Å². The molecule has 4 nitrogen and oxygen atoms in total. The fourth-order valence-electron chi connectivity index (χ4n) is 1.30. The summed E-state index contributed by atoms with van der Waals surface area (Å²) in [6.07, 6.45) is 1.56. The molecule has 1 aromatic carbocycles. The standard InChI is InChI=1S/C12H8BrFN2O2/c13-7-1-4-11(16-6-7)18-8-2-3-9(12(15)17)10(14)5-8/h1-6H,(H2,15,17). The molecule has 2 rings (SSSR count). The lowest BCUT2D eigenvalue weighted by Crippen LogP contribution is -2.12. The number of rotatable bonds is 3. The van der Waals surface area contributed by atoms with Gasteiger partial charge >= 0.3 is 0 Å². The van der Waals surface area contributed by atoms with Crippen molar-refractivity contribution < 1.29 is 13.9 Å². The van der Waals surface area contributed by atoms with Gasteiger partial charge in [0.1, 0.15) is 11.6 Å². The number of carbonyl (C=O) groups is 1. The van der Waals surface area contributed by atoms with Crippen LogP contribution in [0.3, 0.4) is 0 Å². The van der Waals surface area contributed by atoms with Crippen LogP contribution in [0.2, 0.25) is 0 Å². The minimum absolute atomic E-state index is 0.175. The number of benzene rings is 1. The zero-order valence-corrected chi connectivity index (χ0v) is 10.6. The molecule has 0 bridgehead atoms. The molecule has 0 aliphatic carbocycles. The molecule has 1 amide bonds. The van der Waals surface area contributed by atoms with Crippen molar-refractivity contribution in [1.82, 2.24) is 4.98 Å². The normalized spacial score (nSPS) is 10.1. The molecular weight excluding hydrogens is 303 g/mol. The molecule has 0 fully saturated rings. The maximum absolute atomic E-state index is 13.5. The minimum Gasteiger partial charge on any atom is -0.439 e. The van der Waals surface area contributed by atoms with Crippen molar-refractivity contribution in [2.24, 2.45) is 5.73 Å². The van der Waals surface area contributed by atoms with Crippen molar-refractivity contribution in [3.63, 3.8) is 0 Å². The highest BCUT2D eigenvalue weighted by molar-refractivity contribution is 9.10. The zero-order chi connectivity index (χ0) is 13.1. The van der Waals surface area contributed by atoms with Gasteiger partial charge in [0.05, 0.1) is 5.56 Å². The molecule has 0 aliphatic heterocycles. The van der Waals surface area contributed by atoms with E-state index in [-0.39, 0.29) is 11.3 Å². The Hall–Kier alpha value is -1.95. The summed E-state index contributed by atoms with van der Waals surface area (Å²) in [5, 5.41) is 0. The van der Waals surface area contributed by atoms with E-state index < -0.39 is 11.7 Å². The highest BCUT2D eigenvalue weighted by atomic mass is 79.9. The molecular formula is C12H8BrFN2O2. The van der Waals surface area contributed by atoms with Crippen LogP contribution in [0.4, 0.5) is 4.39 Å². The first-order valence-corrected chi connectivity index (χ1v) is 5.74. The van der Waals surface area contributed by atoms with Crippen LogP contribution >= 0.6 is 15.9 Å². The van der Waals surface area contributed by atoms with Crippen LogP contribution in [0.5, 0.6) is 11.6 Å². The molecule has 0 aliphatic rings. The molecule has 1 heterocycles. The van der Waals surface area contributed by atoms with Gasteiger partial charge in [-0.3, -0.25) is 4.79 Å². The predicted molar refractivity (Wildman–Crippen MR) is 66.9 cm³/mol. The van der Waals surface area contributed by atoms with Crippen LogP contribution in [-0.2, 0) is 0 Å². The van der Waals surface area contributed by atoms with Gasteiger partial charge in [0.25, 0.3) is 5.91 Å². The Morgan fingerprint density at radius 1 is 1.33 bits per heavy atom. The first-order valence-electron chi connectivity index (χ1n) is 4.95. The van der Waals surface area contributed by atoms with E-state index >= 15 is 0 Å². The van der Waals surface area contributed by atoms with Gasteiger partial charge in [0, 0.05) is 22.8 Å². The van der Waals surface area contributed by atoms with E-state index in [1.165, 1.54) is 12.1 Å². The van der Waals surface area contributed by atoms with Crippen molar-refractivity contribution in [3.8, 4) is 11.6 Å². The summed E-state index contributed by atoms with van der Waals surface area (Å²) < 4.78 is 19.6. The minimum atomic E-state index is -0.819. The largest absolute Gasteiger partial charge is 0.439 e. The molecule has 2 aromatic rings. The summed E-state index contributed by atoms with van der Waals surface area (Å²) in [6, 6.07) is 7.18. The fraction of sp³-hybridized carbons (Fsp3) is 0. The fourth-order valence-corrected chi connectivity index (χ4v) is 1.54. The average Bonchev–Trinajstić information content (AvgIpc) is 2.32. The van der Waals surface area contributed by atoms with Crippen LogP contribution in [0.1, 0.15) is 10.4 Å². The number of ether oxygens (including phenoxy) is 1. The van der Waals surface area contributed by atoms with Crippen LogP contribution < -0.4 is 10.5 Å². The molecule has 0 radical (unpaired) electrons. The van der Waals surface area contributed by atoms with E-state index in [0.717, 1.165) is 10.5 Å². The lowest BCUT2D eigenvalue weighted by Gasteiger charge is -2.05. The molecule has 6 heteroatoms. The van der Waals surface area contributed by atoms with Crippen molar-refractivity contribution in [2.75, 3.05) is 0 Å². The van der Waals surface area contributed by atoms with Crippen LogP contribution in [0.15, 0.2) is 41.0 Å². The molecule has 0 saturated heterocycles. The van der Waals surface area contributed by atoms with Crippen molar-refractivity contribution in [2.45, 2.75) is 0 Å². The van der Waals surface area contributed by atoms with Crippen LogP contribution in [-0.4, -0.2) is 10.9 Å². The van der Waals surface area contributed by atoms with Gasteiger partial charge in [-0.2, -0.15) is 0 Å². The third kappa shape index (κ3) is 2.84. The molecule has 0 spiro atoms. The number of carbonyl (C=O) groups excluding carboxylic acids is 1. The number of amides is 1. The molecule has 2 N–H and O–H groups in total. The summed E-state index contributed by atoms with van der Waals surface area (Å²) >= 11 is 3.24. The van der Waals surface area contributed by atoms with Gasteiger partial charge < -0.3 is 10.5 Å². The van der Waals surface area contributed by atoms with E-state index in [1.54, 1.807) is 18.3 Å². The first-order chi connectivity index (χ1) is 8.56. The van der Waals surface area contributed by atoms with E-state index in [1.807, 2.05) is 0 Å². The molecule has 0 saturated carbocycles. The quantitative estimate of drug-likeness (QED) is 0.948. The average molecular weight is 311 g/mol. The van der Waals surface area contributed by atoms with E-state index in [9.17, 15) is 9.18 Å². The monoisotopic (exact) mass is 310 g/mol. The highest BCUT2D eigenvalue weighted by Gasteiger charge is 2.09. The lowest BCUT2D eigenvalue weighted by molar-refractivity contribution is 0.0996. The topological polar surface area (TPSA) is 65.2 Å². The second kappa shape index (κ2) is 5.14. The highest BCUT2D eigenvalue weighted by Crippen LogP contribution is 2.22. The number of nitrogens with two attached hydrogens (primary N) is 1. The molecule has 92 valence electrons. The second-order valence-corrected chi connectivity index (χ2v) is 4.34. The first kappa shape index (κ1) is 12.5. The SMILES string of the molecule is NC(=O)c1ccc(Oc2ccc(Br)cn2)cc1F. The number of hydrogen-bond acceptors (Lipinski definition) is 3. The summed E-state index contributed by atoms with van der Waals surface area (Å²) in [6.45, 7) is 0. The number of nitrogens with zero attached hydrogens (tertiary/aromatic N) is 1. The second-order valence-electron chi connectivity index (χ2n) is 3.42. The van der Waals surface area contributed by atoms with Gasteiger partial charge in [0.15, 0.2) is 0 Å². The maximum atomic E-state index is 13.5. The van der Waals surface area contributed by atoms with Gasteiger partial charge in [-0.25, -0.2) is 9.37 Å². The van der Waals surface area contributed by atoms with Crippen molar-refractivity contribution in [3.05, 3.63) is 52.4 Å². The summed E-state index contributed by atoms with van der Waals surface area (Å²) in [5.41, 5.74) is 4.82. The molecule has 18 heavy (non-hydrogen) atoms. The smallest absolute Gasteiger partial charge is 0.251 e. The third-order valence-electron chi connectivity index (χ3n) is 2.13. The van der Waals surface area contributed by atoms with Crippen LogP contribution in [0, 0.1) is 5.82 Å². The summed E-state index contributed by atoms with van der Waals surface area (Å²) in [7, 11) is 0.